The molecule has 2 heteroatoms. The average Bonchev–Trinajstić information content (AvgIpc) is 3.05. The van der Waals surface area contributed by atoms with Crippen molar-refractivity contribution in [2.75, 3.05) is 0 Å². The minimum atomic E-state index is 0.771. The molecule has 2 nitrogen and oxygen atoms in total. The largest absolute Gasteiger partial charge is 0.245 e. The Labute approximate surface area is 92.1 Å². The molecule has 1 saturated carbocycles. The van der Waals surface area contributed by atoms with E-state index in [1.54, 1.807) is 6.33 Å². The second-order valence-corrected chi connectivity index (χ2v) is 4.62. The summed E-state index contributed by atoms with van der Waals surface area (Å²) in [6.07, 6.45) is 13.9. The van der Waals surface area contributed by atoms with Gasteiger partial charge in [-0.1, -0.05) is 32.6 Å². The third kappa shape index (κ3) is 3.01. The van der Waals surface area contributed by atoms with Crippen molar-refractivity contribution in [1.29, 1.82) is 0 Å². The minimum absolute atomic E-state index is 0.771. The molecule has 1 aromatic rings. The van der Waals surface area contributed by atoms with E-state index < -0.39 is 0 Å². The summed E-state index contributed by atoms with van der Waals surface area (Å²) in [5.41, 5.74) is 1.35. The fourth-order valence-corrected chi connectivity index (χ4v) is 2.31. The molecule has 0 aromatic carbocycles. The Balaban J connectivity index is 1.68. The van der Waals surface area contributed by atoms with Gasteiger partial charge in [-0.25, -0.2) is 9.97 Å². The lowest BCUT2D eigenvalue weighted by Crippen LogP contribution is -1.87. The molecule has 2 atom stereocenters. The van der Waals surface area contributed by atoms with Crippen molar-refractivity contribution in [2.24, 2.45) is 5.92 Å². The monoisotopic (exact) mass is 204 g/mol. The zero-order valence-electron chi connectivity index (χ0n) is 9.52. The van der Waals surface area contributed by atoms with Crippen LogP contribution < -0.4 is 0 Å². The highest BCUT2D eigenvalue weighted by Gasteiger charge is 2.37. The summed E-state index contributed by atoms with van der Waals surface area (Å²) in [5, 5.41) is 0. The van der Waals surface area contributed by atoms with Crippen molar-refractivity contribution >= 4 is 0 Å². The van der Waals surface area contributed by atoms with E-state index in [4.69, 9.17) is 0 Å². The molecule has 0 aliphatic heterocycles. The molecule has 1 aliphatic carbocycles. The molecule has 1 heterocycles. The molecule has 15 heavy (non-hydrogen) atoms. The van der Waals surface area contributed by atoms with Gasteiger partial charge in [-0.2, -0.15) is 0 Å². The summed E-state index contributed by atoms with van der Waals surface area (Å²) in [7, 11) is 0. The van der Waals surface area contributed by atoms with Crippen LogP contribution in [-0.4, -0.2) is 9.97 Å². The van der Waals surface area contributed by atoms with Gasteiger partial charge in [-0.3, -0.25) is 0 Å². The molecule has 2 rings (SSSR count). The van der Waals surface area contributed by atoms with E-state index in [0.717, 1.165) is 11.8 Å². The van der Waals surface area contributed by atoms with E-state index in [-0.39, 0.29) is 0 Å². The molecule has 0 unspecified atom stereocenters. The topological polar surface area (TPSA) is 25.8 Å². The standard InChI is InChI=1S/C13H20N2/c1-2-3-4-5-6-11-7-13(11)12-8-14-10-15-9-12/h8-11,13H,2-7H2,1H3/t11-,13-/m1/s1. The first-order valence-corrected chi connectivity index (χ1v) is 6.16. The predicted octanol–water partition coefficient (Wildman–Crippen LogP) is 3.55. The Morgan fingerprint density at radius 1 is 1.20 bits per heavy atom. The van der Waals surface area contributed by atoms with E-state index in [1.807, 2.05) is 12.4 Å². The van der Waals surface area contributed by atoms with Crippen LogP contribution in [0.2, 0.25) is 0 Å². The van der Waals surface area contributed by atoms with Crippen LogP contribution in [0.5, 0.6) is 0 Å². The van der Waals surface area contributed by atoms with Crippen LogP contribution in [0.4, 0.5) is 0 Å². The van der Waals surface area contributed by atoms with Gasteiger partial charge in [0.25, 0.3) is 0 Å². The van der Waals surface area contributed by atoms with Crippen molar-refractivity contribution in [2.45, 2.75) is 51.4 Å². The number of rotatable bonds is 6. The van der Waals surface area contributed by atoms with Gasteiger partial charge in [0.2, 0.25) is 0 Å². The highest BCUT2D eigenvalue weighted by atomic mass is 14.8. The number of nitrogens with zero attached hydrogens (tertiary/aromatic N) is 2. The van der Waals surface area contributed by atoms with Crippen molar-refractivity contribution < 1.29 is 0 Å². The molecule has 1 fully saturated rings. The number of aromatic nitrogens is 2. The quantitative estimate of drug-likeness (QED) is 0.662. The first kappa shape index (κ1) is 10.6. The second-order valence-electron chi connectivity index (χ2n) is 4.62. The maximum atomic E-state index is 4.08. The van der Waals surface area contributed by atoms with Gasteiger partial charge in [-0.15, -0.1) is 0 Å². The lowest BCUT2D eigenvalue weighted by Gasteiger charge is -1.99. The van der Waals surface area contributed by atoms with Gasteiger partial charge < -0.3 is 0 Å². The Bertz CT molecular complexity index is 284. The van der Waals surface area contributed by atoms with Crippen molar-refractivity contribution in [1.82, 2.24) is 9.97 Å². The molecule has 0 amide bonds. The first-order chi connectivity index (χ1) is 7.42. The highest BCUT2D eigenvalue weighted by molar-refractivity contribution is 5.19. The van der Waals surface area contributed by atoms with E-state index in [1.165, 1.54) is 44.1 Å². The molecule has 1 aliphatic rings. The molecular weight excluding hydrogens is 184 g/mol. The first-order valence-electron chi connectivity index (χ1n) is 6.16. The normalized spacial score (nSPS) is 24.1. The van der Waals surface area contributed by atoms with Crippen LogP contribution in [0.15, 0.2) is 18.7 Å². The Morgan fingerprint density at radius 2 is 2.00 bits per heavy atom. The molecule has 0 radical (unpaired) electrons. The van der Waals surface area contributed by atoms with Crippen LogP contribution in [0.3, 0.4) is 0 Å². The van der Waals surface area contributed by atoms with Crippen LogP contribution >= 0.6 is 0 Å². The fourth-order valence-electron chi connectivity index (χ4n) is 2.31. The van der Waals surface area contributed by atoms with E-state index in [2.05, 4.69) is 16.9 Å². The maximum Gasteiger partial charge on any atom is 0.115 e. The summed E-state index contributed by atoms with van der Waals surface area (Å²) in [4.78, 5) is 8.16. The zero-order valence-corrected chi connectivity index (χ0v) is 9.52. The molecule has 0 N–H and O–H groups in total. The van der Waals surface area contributed by atoms with Crippen LogP contribution in [0, 0.1) is 5.92 Å². The molecule has 1 aromatic heterocycles. The van der Waals surface area contributed by atoms with Crippen LogP contribution in [0.1, 0.15) is 56.9 Å². The molecule has 0 bridgehead atoms. The Kier molecular flexibility index (Phi) is 3.70. The van der Waals surface area contributed by atoms with Crippen molar-refractivity contribution in [3.8, 4) is 0 Å². The SMILES string of the molecule is CCCCCC[C@@H]1C[C@H]1c1cncnc1. The lowest BCUT2D eigenvalue weighted by molar-refractivity contribution is 0.588. The summed E-state index contributed by atoms with van der Waals surface area (Å²) >= 11 is 0. The van der Waals surface area contributed by atoms with Gasteiger partial charge >= 0.3 is 0 Å². The van der Waals surface area contributed by atoms with Crippen LogP contribution in [-0.2, 0) is 0 Å². The Morgan fingerprint density at radius 3 is 2.73 bits per heavy atom. The third-order valence-corrected chi connectivity index (χ3v) is 3.36. The minimum Gasteiger partial charge on any atom is -0.245 e. The van der Waals surface area contributed by atoms with E-state index in [0.29, 0.717) is 0 Å². The third-order valence-electron chi connectivity index (χ3n) is 3.36. The van der Waals surface area contributed by atoms with E-state index >= 15 is 0 Å². The molecule has 0 spiro atoms. The van der Waals surface area contributed by atoms with Crippen molar-refractivity contribution in [3.05, 3.63) is 24.3 Å². The Hall–Kier alpha value is -0.920. The summed E-state index contributed by atoms with van der Waals surface area (Å²) in [6.45, 7) is 2.27. The second kappa shape index (κ2) is 5.24. The number of hydrogen-bond acceptors (Lipinski definition) is 2. The van der Waals surface area contributed by atoms with Gasteiger partial charge in [0.15, 0.2) is 0 Å². The fraction of sp³-hybridized carbons (Fsp3) is 0.692. The zero-order chi connectivity index (χ0) is 10.5. The van der Waals surface area contributed by atoms with Gasteiger partial charge in [0, 0.05) is 12.4 Å². The molecular formula is C13H20N2. The highest BCUT2D eigenvalue weighted by Crippen LogP contribution is 2.49. The maximum absolute atomic E-state index is 4.08. The van der Waals surface area contributed by atoms with Gasteiger partial charge in [-0.05, 0) is 30.2 Å². The lowest BCUT2D eigenvalue weighted by atomic mass is 10.1. The summed E-state index contributed by atoms with van der Waals surface area (Å²) in [5.74, 6) is 1.70. The van der Waals surface area contributed by atoms with Gasteiger partial charge in [0.1, 0.15) is 6.33 Å². The van der Waals surface area contributed by atoms with Gasteiger partial charge in [0.05, 0.1) is 0 Å². The van der Waals surface area contributed by atoms with Crippen LogP contribution in [0.25, 0.3) is 0 Å². The smallest absolute Gasteiger partial charge is 0.115 e. The average molecular weight is 204 g/mol. The summed E-state index contributed by atoms with van der Waals surface area (Å²) < 4.78 is 0. The number of unbranched alkanes of at least 4 members (excludes halogenated alkanes) is 3. The molecule has 0 saturated heterocycles. The van der Waals surface area contributed by atoms with E-state index in [9.17, 15) is 0 Å². The van der Waals surface area contributed by atoms with Crippen molar-refractivity contribution in [3.63, 3.8) is 0 Å². The number of hydrogen-bond donors (Lipinski definition) is 0. The predicted molar refractivity (Wildman–Crippen MR) is 61.6 cm³/mol. The molecule has 82 valence electrons. The summed E-state index contributed by atoms with van der Waals surface area (Å²) in [6, 6.07) is 0.